The Morgan fingerprint density at radius 2 is 1.81 bits per heavy atom. The Hall–Kier alpha value is -2.33. The fourth-order valence-electron chi connectivity index (χ4n) is 3.36. The van der Waals surface area contributed by atoms with Gasteiger partial charge in [-0.25, -0.2) is 8.42 Å². The van der Waals surface area contributed by atoms with Gasteiger partial charge in [0.1, 0.15) is 16.4 Å². The average Bonchev–Trinajstić information content (AvgIpc) is 2.75. The number of carbonyl (C=O) groups is 1. The molecule has 0 radical (unpaired) electrons. The minimum atomic E-state index is -3.76. The van der Waals surface area contributed by atoms with Crippen molar-refractivity contribution in [1.82, 2.24) is 9.21 Å². The Bertz CT molecular complexity index is 1020. The number of para-hydroxylation sites is 2. The lowest BCUT2D eigenvalue weighted by Gasteiger charge is -2.33. The number of ether oxygens (including phenoxy) is 2. The Kier molecular flexibility index (Phi) is 7.77. The molecule has 1 saturated heterocycles. The van der Waals surface area contributed by atoms with E-state index in [4.69, 9.17) is 21.1 Å². The van der Waals surface area contributed by atoms with Crippen LogP contribution < -0.4 is 14.8 Å². The topological polar surface area (TPSA) is 88.2 Å². The number of nitrogens with one attached hydrogen (secondary N) is 1. The number of nitrogens with zero attached hydrogens (tertiary/aromatic N) is 2. The zero-order valence-electron chi connectivity index (χ0n) is 17.5. The summed E-state index contributed by atoms with van der Waals surface area (Å²) in [5.74, 6) is 0.684. The first-order valence-electron chi connectivity index (χ1n) is 9.93. The zero-order valence-corrected chi connectivity index (χ0v) is 19.1. The number of methoxy groups -OCH3 is 1. The van der Waals surface area contributed by atoms with Crippen molar-refractivity contribution in [2.24, 2.45) is 0 Å². The summed E-state index contributed by atoms with van der Waals surface area (Å²) in [6.45, 7) is 3.94. The van der Waals surface area contributed by atoms with Crippen LogP contribution in [0.1, 0.15) is 6.92 Å². The van der Waals surface area contributed by atoms with Crippen molar-refractivity contribution in [3.63, 3.8) is 0 Å². The molecule has 1 N–H and O–H groups in total. The molecule has 0 atom stereocenters. The summed E-state index contributed by atoms with van der Waals surface area (Å²) >= 11 is 6.00. The van der Waals surface area contributed by atoms with Crippen molar-refractivity contribution < 1.29 is 22.7 Å². The van der Waals surface area contributed by atoms with Crippen LogP contribution in [-0.2, 0) is 14.8 Å². The Morgan fingerprint density at radius 3 is 2.48 bits per heavy atom. The van der Waals surface area contributed by atoms with Crippen molar-refractivity contribution >= 4 is 33.2 Å². The van der Waals surface area contributed by atoms with Gasteiger partial charge < -0.3 is 14.8 Å². The molecule has 3 rings (SSSR count). The van der Waals surface area contributed by atoms with Gasteiger partial charge in [0.2, 0.25) is 15.9 Å². The smallest absolute Gasteiger partial charge is 0.246 e. The minimum absolute atomic E-state index is 0.0428. The largest absolute Gasteiger partial charge is 0.495 e. The lowest BCUT2D eigenvalue weighted by atomic mass is 10.3. The molecule has 1 amide bonds. The van der Waals surface area contributed by atoms with Crippen molar-refractivity contribution in [2.75, 3.05) is 51.8 Å². The number of carbonyl (C=O) groups excluding carboxylic acids is 1. The van der Waals surface area contributed by atoms with E-state index in [9.17, 15) is 13.2 Å². The summed E-state index contributed by atoms with van der Waals surface area (Å²) in [5.41, 5.74) is 0.614. The van der Waals surface area contributed by atoms with Gasteiger partial charge >= 0.3 is 0 Å². The molecule has 2 aromatic rings. The number of anilines is 1. The molecule has 0 unspecified atom stereocenters. The third-order valence-electron chi connectivity index (χ3n) is 4.90. The lowest BCUT2D eigenvalue weighted by Crippen LogP contribution is -2.50. The van der Waals surface area contributed by atoms with Crippen LogP contribution in [0, 0.1) is 0 Å². The summed E-state index contributed by atoms with van der Waals surface area (Å²) < 4.78 is 38.2. The average molecular weight is 468 g/mol. The van der Waals surface area contributed by atoms with Gasteiger partial charge in [-0.3, -0.25) is 9.69 Å². The Balaban J connectivity index is 1.60. The van der Waals surface area contributed by atoms with Crippen LogP contribution in [0.15, 0.2) is 47.4 Å². The molecule has 1 aliphatic rings. The van der Waals surface area contributed by atoms with Crippen molar-refractivity contribution in [2.45, 2.75) is 11.8 Å². The monoisotopic (exact) mass is 467 g/mol. The SMILES string of the molecule is CCOc1ccccc1NC(=O)CN1CCN(S(=O)(=O)c2cc(Cl)ccc2OC)CC1. The fraction of sp³-hybridized carbons (Fsp3) is 0.381. The van der Waals surface area contributed by atoms with E-state index < -0.39 is 10.0 Å². The summed E-state index contributed by atoms with van der Waals surface area (Å²) in [5, 5.41) is 3.18. The Labute approximate surface area is 187 Å². The molecule has 1 fully saturated rings. The normalized spacial score (nSPS) is 15.5. The maximum Gasteiger partial charge on any atom is 0.246 e. The number of piperazine rings is 1. The van der Waals surface area contributed by atoms with E-state index in [1.165, 1.54) is 23.5 Å². The zero-order chi connectivity index (χ0) is 22.4. The van der Waals surface area contributed by atoms with E-state index >= 15 is 0 Å². The van der Waals surface area contributed by atoms with Gasteiger partial charge in [0.15, 0.2) is 0 Å². The summed E-state index contributed by atoms with van der Waals surface area (Å²) in [6.07, 6.45) is 0. The molecule has 0 bridgehead atoms. The van der Waals surface area contributed by atoms with E-state index in [0.29, 0.717) is 36.2 Å². The molecule has 10 heteroatoms. The highest BCUT2D eigenvalue weighted by atomic mass is 35.5. The predicted octanol–water partition coefficient (Wildman–Crippen LogP) is 2.69. The third kappa shape index (κ3) is 5.68. The predicted molar refractivity (Wildman–Crippen MR) is 119 cm³/mol. The second-order valence-corrected chi connectivity index (χ2v) is 9.30. The summed E-state index contributed by atoms with van der Waals surface area (Å²) in [6, 6.07) is 11.8. The molecule has 168 valence electrons. The molecule has 8 nitrogen and oxygen atoms in total. The quantitative estimate of drug-likeness (QED) is 0.642. The lowest BCUT2D eigenvalue weighted by molar-refractivity contribution is -0.117. The Morgan fingerprint density at radius 1 is 1.10 bits per heavy atom. The first kappa shape index (κ1) is 23.3. The molecular weight excluding hydrogens is 442 g/mol. The van der Waals surface area contributed by atoms with Gasteiger partial charge in [-0.05, 0) is 37.3 Å². The third-order valence-corrected chi connectivity index (χ3v) is 7.06. The maximum atomic E-state index is 13.1. The fourth-order valence-corrected chi connectivity index (χ4v) is 5.20. The van der Waals surface area contributed by atoms with Gasteiger partial charge in [-0.1, -0.05) is 23.7 Å². The van der Waals surface area contributed by atoms with Crippen LogP contribution in [0.3, 0.4) is 0 Å². The molecule has 0 aliphatic carbocycles. The highest BCUT2D eigenvalue weighted by Gasteiger charge is 2.31. The molecule has 0 saturated carbocycles. The molecular formula is C21H26ClN3O5S. The standard InChI is InChI=1S/C21H26ClN3O5S/c1-3-30-18-7-5-4-6-17(18)23-21(26)15-24-10-12-25(13-11-24)31(27,28)20-14-16(22)8-9-19(20)29-2/h4-9,14H,3,10-13,15H2,1-2H3,(H,23,26). The van der Waals surface area contributed by atoms with Crippen LogP contribution in [0.2, 0.25) is 5.02 Å². The van der Waals surface area contributed by atoms with Crippen molar-refractivity contribution in [3.8, 4) is 11.5 Å². The van der Waals surface area contributed by atoms with Gasteiger partial charge in [-0.2, -0.15) is 4.31 Å². The maximum absolute atomic E-state index is 13.1. The van der Waals surface area contributed by atoms with E-state index in [0.717, 1.165) is 0 Å². The van der Waals surface area contributed by atoms with Crippen LogP contribution in [0.4, 0.5) is 5.69 Å². The number of rotatable bonds is 8. The first-order chi connectivity index (χ1) is 14.8. The van der Waals surface area contributed by atoms with Crippen molar-refractivity contribution in [3.05, 3.63) is 47.5 Å². The number of amides is 1. The van der Waals surface area contributed by atoms with Gasteiger partial charge in [0.05, 0.1) is 25.9 Å². The van der Waals surface area contributed by atoms with Crippen LogP contribution in [0.25, 0.3) is 0 Å². The highest BCUT2D eigenvalue weighted by Crippen LogP contribution is 2.30. The number of hydrogen-bond donors (Lipinski definition) is 1. The van der Waals surface area contributed by atoms with E-state index in [-0.39, 0.29) is 36.2 Å². The number of halogens is 1. The van der Waals surface area contributed by atoms with Crippen molar-refractivity contribution in [1.29, 1.82) is 0 Å². The second-order valence-electron chi connectivity index (χ2n) is 6.95. The molecule has 0 aromatic heterocycles. The van der Waals surface area contributed by atoms with Crippen LogP contribution >= 0.6 is 11.6 Å². The van der Waals surface area contributed by atoms with E-state index in [1.54, 1.807) is 18.2 Å². The van der Waals surface area contributed by atoms with Gasteiger partial charge in [0, 0.05) is 31.2 Å². The van der Waals surface area contributed by atoms with Crippen LogP contribution in [0.5, 0.6) is 11.5 Å². The first-order valence-corrected chi connectivity index (χ1v) is 11.7. The summed E-state index contributed by atoms with van der Waals surface area (Å²) in [4.78, 5) is 14.4. The van der Waals surface area contributed by atoms with Gasteiger partial charge in [-0.15, -0.1) is 0 Å². The highest BCUT2D eigenvalue weighted by molar-refractivity contribution is 7.89. The summed E-state index contributed by atoms with van der Waals surface area (Å²) in [7, 11) is -2.34. The van der Waals surface area contributed by atoms with E-state index in [2.05, 4.69) is 5.32 Å². The molecule has 1 heterocycles. The molecule has 2 aromatic carbocycles. The minimum Gasteiger partial charge on any atom is -0.495 e. The van der Waals surface area contributed by atoms with Crippen LogP contribution in [-0.4, -0.2) is 70.0 Å². The molecule has 31 heavy (non-hydrogen) atoms. The number of hydrogen-bond acceptors (Lipinski definition) is 6. The van der Waals surface area contributed by atoms with Gasteiger partial charge in [0.25, 0.3) is 0 Å². The van der Waals surface area contributed by atoms with E-state index in [1.807, 2.05) is 24.0 Å². The molecule has 1 aliphatic heterocycles. The molecule has 0 spiro atoms. The number of sulfonamides is 1. The number of benzene rings is 2. The second kappa shape index (κ2) is 10.3.